The number of nitrogens with zero attached hydrogens (tertiary/aromatic N) is 1. The van der Waals surface area contributed by atoms with Crippen molar-refractivity contribution in [1.82, 2.24) is 10.2 Å². The van der Waals surface area contributed by atoms with Gasteiger partial charge >= 0.3 is 0 Å². The smallest absolute Gasteiger partial charge is 0.0406 e. The van der Waals surface area contributed by atoms with Gasteiger partial charge in [-0.1, -0.05) is 23.7 Å². The second-order valence-electron chi connectivity index (χ2n) is 6.16. The minimum Gasteiger partial charge on any atom is -0.307 e. The molecule has 0 spiro atoms. The zero-order valence-corrected chi connectivity index (χ0v) is 12.5. The van der Waals surface area contributed by atoms with Crippen molar-refractivity contribution in [3.63, 3.8) is 0 Å². The van der Waals surface area contributed by atoms with Crippen LogP contribution in [0.15, 0.2) is 24.3 Å². The molecule has 2 bridgehead atoms. The van der Waals surface area contributed by atoms with E-state index in [1.54, 1.807) is 0 Å². The largest absolute Gasteiger partial charge is 0.307 e. The average Bonchev–Trinajstić information content (AvgIpc) is 2.63. The fourth-order valence-electron chi connectivity index (χ4n) is 3.75. The van der Waals surface area contributed by atoms with Crippen LogP contribution in [0.3, 0.4) is 0 Å². The van der Waals surface area contributed by atoms with E-state index in [0.29, 0.717) is 12.1 Å². The van der Waals surface area contributed by atoms with Gasteiger partial charge in [0.15, 0.2) is 0 Å². The van der Waals surface area contributed by atoms with E-state index in [1.165, 1.54) is 31.2 Å². The third kappa shape index (κ3) is 2.81. The van der Waals surface area contributed by atoms with Crippen molar-refractivity contribution in [3.8, 4) is 0 Å². The summed E-state index contributed by atoms with van der Waals surface area (Å²) in [6.07, 6.45) is 5.36. The first-order valence-electron chi connectivity index (χ1n) is 7.37. The normalized spacial score (nSPS) is 32.5. The van der Waals surface area contributed by atoms with Gasteiger partial charge in [0, 0.05) is 29.2 Å². The van der Waals surface area contributed by atoms with Gasteiger partial charge < -0.3 is 10.2 Å². The molecule has 1 N–H and O–H groups in total. The number of hydrogen-bond donors (Lipinski definition) is 1. The fraction of sp³-hybridized carbons (Fsp3) is 0.625. The number of fused-ring (bicyclic) bond motifs is 2. The summed E-state index contributed by atoms with van der Waals surface area (Å²) < 4.78 is 0. The first kappa shape index (κ1) is 13.4. The van der Waals surface area contributed by atoms with Gasteiger partial charge in [-0.15, -0.1) is 0 Å². The van der Waals surface area contributed by atoms with Crippen LogP contribution in [0.4, 0.5) is 0 Å². The quantitative estimate of drug-likeness (QED) is 0.909. The standard InChI is InChI=1S/C16H23ClN2/c1-11(12-3-5-13(17)6-4-12)18-14-9-15-7-8-16(10-14)19(15)2/h3-6,11,14-16,18H,7-10H2,1-2H3/t11-,14?,15?,16?/m1/s1. The second-order valence-corrected chi connectivity index (χ2v) is 6.60. The summed E-state index contributed by atoms with van der Waals surface area (Å²) in [5, 5.41) is 4.62. The summed E-state index contributed by atoms with van der Waals surface area (Å²) >= 11 is 5.94. The molecule has 2 unspecified atom stereocenters. The van der Waals surface area contributed by atoms with E-state index in [2.05, 4.69) is 36.3 Å². The number of rotatable bonds is 3. The van der Waals surface area contributed by atoms with Gasteiger partial charge in [0.05, 0.1) is 0 Å². The van der Waals surface area contributed by atoms with Gasteiger partial charge in [-0.2, -0.15) is 0 Å². The molecule has 1 aromatic rings. The molecule has 2 saturated heterocycles. The molecule has 1 aromatic carbocycles. The molecule has 2 fully saturated rings. The molecule has 0 aliphatic carbocycles. The van der Waals surface area contributed by atoms with E-state index in [0.717, 1.165) is 17.1 Å². The monoisotopic (exact) mass is 278 g/mol. The Morgan fingerprint density at radius 3 is 2.32 bits per heavy atom. The second kappa shape index (κ2) is 5.43. The molecule has 2 nitrogen and oxygen atoms in total. The van der Waals surface area contributed by atoms with Crippen LogP contribution < -0.4 is 5.32 Å². The first-order valence-corrected chi connectivity index (χ1v) is 7.74. The minimum absolute atomic E-state index is 0.407. The minimum atomic E-state index is 0.407. The zero-order valence-electron chi connectivity index (χ0n) is 11.8. The van der Waals surface area contributed by atoms with Crippen LogP contribution in [-0.2, 0) is 0 Å². The summed E-state index contributed by atoms with van der Waals surface area (Å²) in [5.41, 5.74) is 1.33. The first-order chi connectivity index (χ1) is 9.13. The van der Waals surface area contributed by atoms with E-state index in [-0.39, 0.29) is 0 Å². The van der Waals surface area contributed by atoms with Crippen LogP contribution in [0.1, 0.15) is 44.2 Å². The van der Waals surface area contributed by atoms with Crippen molar-refractivity contribution in [2.45, 2.75) is 56.8 Å². The lowest BCUT2D eigenvalue weighted by Gasteiger charge is -2.38. The molecular weight excluding hydrogens is 256 g/mol. The molecule has 3 heteroatoms. The number of halogens is 1. The molecule has 19 heavy (non-hydrogen) atoms. The third-order valence-electron chi connectivity index (χ3n) is 4.95. The van der Waals surface area contributed by atoms with Gasteiger partial charge in [-0.25, -0.2) is 0 Å². The lowest BCUT2D eigenvalue weighted by atomic mass is 9.96. The summed E-state index contributed by atoms with van der Waals surface area (Å²) in [6.45, 7) is 2.25. The number of hydrogen-bond acceptors (Lipinski definition) is 2. The van der Waals surface area contributed by atoms with Crippen molar-refractivity contribution in [1.29, 1.82) is 0 Å². The molecule has 0 aromatic heterocycles. The topological polar surface area (TPSA) is 15.3 Å². The summed E-state index contributed by atoms with van der Waals surface area (Å²) in [7, 11) is 2.29. The van der Waals surface area contributed by atoms with Gasteiger partial charge in [0.25, 0.3) is 0 Å². The van der Waals surface area contributed by atoms with Crippen molar-refractivity contribution < 1.29 is 0 Å². The maximum atomic E-state index is 5.94. The number of piperidine rings is 1. The lowest BCUT2D eigenvalue weighted by molar-refractivity contribution is 0.144. The highest BCUT2D eigenvalue weighted by molar-refractivity contribution is 6.30. The molecule has 0 saturated carbocycles. The zero-order chi connectivity index (χ0) is 13.4. The van der Waals surface area contributed by atoms with Crippen LogP contribution in [-0.4, -0.2) is 30.1 Å². The van der Waals surface area contributed by atoms with Crippen molar-refractivity contribution >= 4 is 11.6 Å². The molecule has 2 aliphatic rings. The number of nitrogens with one attached hydrogen (secondary N) is 1. The molecule has 2 aliphatic heterocycles. The Morgan fingerprint density at radius 2 is 1.74 bits per heavy atom. The van der Waals surface area contributed by atoms with Gasteiger partial charge in [0.2, 0.25) is 0 Å². The van der Waals surface area contributed by atoms with Crippen LogP contribution >= 0.6 is 11.6 Å². The molecule has 104 valence electrons. The number of benzene rings is 1. The molecule has 0 amide bonds. The Bertz CT molecular complexity index is 417. The summed E-state index contributed by atoms with van der Waals surface area (Å²) in [5.74, 6) is 0. The van der Waals surface area contributed by atoms with Gasteiger partial charge in [-0.05, 0) is 57.4 Å². The van der Waals surface area contributed by atoms with E-state index < -0.39 is 0 Å². The fourth-order valence-corrected chi connectivity index (χ4v) is 3.87. The van der Waals surface area contributed by atoms with Crippen LogP contribution in [0.5, 0.6) is 0 Å². The Labute approximate surface area is 121 Å². The lowest BCUT2D eigenvalue weighted by Crippen LogP contribution is -2.47. The molecule has 0 radical (unpaired) electrons. The SMILES string of the molecule is C[C@@H](NC1CC2CCC(C1)N2C)c1ccc(Cl)cc1. The molecule has 2 heterocycles. The van der Waals surface area contributed by atoms with Crippen LogP contribution in [0, 0.1) is 0 Å². The van der Waals surface area contributed by atoms with Crippen LogP contribution in [0.25, 0.3) is 0 Å². The van der Waals surface area contributed by atoms with E-state index in [4.69, 9.17) is 11.6 Å². The van der Waals surface area contributed by atoms with E-state index in [9.17, 15) is 0 Å². The van der Waals surface area contributed by atoms with Crippen LogP contribution in [0.2, 0.25) is 5.02 Å². The van der Waals surface area contributed by atoms with E-state index in [1.807, 2.05) is 12.1 Å². The van der Waals surface area contributed by atoms with Gasteiger partial charge in [-0.3, -0.25) is 0 Å². The van der Waals surface area contributed by atoms with Crippen molar-refractivity contribution in [2.75, 3.05) is 7.05 Å². The summed E-state index contributed by atoms with van der Waals surface area (Å²) in [6, 6.07) is 10.9. The predicted molar refractivity (Wildman–Crippen MR) is 80.6 cm³/mol. The Kier molecular flexibility index (Phi) is 3.84. The summed E-state index contributed by atoms with van der Waals surface area (Å²) in [4.78, 5) is 2.59. The Hall–Kier alpha value is -0.570. The predicted octanol–water partition coefficient (Wildman–Crippen LogP) is 3.62. The highest BCUT2D eigenvalue weighted by atomic mass is 35.5. The molecular formula is C16H23ClN2. The average molecular weight is 279 g/mol. The maximum Gasteiger partial charge on any atom is 0.0406 e. The Morgan fingerprint density at radius 1 is 1.16 bits per heavy atom. The maximum absolute atomic E-state index is 5.94. The van der Waals surface area contributed by atoms with E-state index >= 15 is 0 Å². The van der Waals surface area contributed by atoms with Crippen molar-refractivity contribution in [2.24, 2.45) is 0 Å². The molecule has 3 rings (SSSR count). The molecule has 3 atom stereocenters. The Balaban J connectivity index is 1.61. The van der Waals surface area contributed by atoms with Crippen molar-refractivity contribution in [3.05, 3.63) is 34.9 Å². The highest BCUT2D eigenvalue weighted by Crippen LogP contribution is 2.35. The third-order valence-corrected chi connectivity index (χ3v) is 5.21. The van der Waals surface area contributed by atoms with Gasteiger partial charge in [0.1, 0.15) is 0 Å². The highest BCUT2D eigenvalue weighted by Gasteiger charge is 2.38.